The number of carboxylic acids is 1. The second kappa shape index (κ2) is 4.93. The van der Waals surface area contributed by atoms with Gasteiger partial charge in [0.25, 0.3) is 0 Å². The zero-order valence-corrected chi connectivity index (χ0v) is 10.1. The zero-order chi connectivity index (χ0) is 11.5. The van der Waals surface area contributed by atoms with Gasteiger partial charge in [0.2, 0.25) is 0 Å². The molecule has 1 N–H and O–H groups in total. The molecule has 0 radical (unpaired) electrons. The molecule has 1 aliphatic rings. The topological polar surface area (TPSA) is 53.4 Å². The van der Waals surface area contributed by atoms with Gasteiger partial charge in [-0.1, -0.05) is 11.6 Å². The van der Waals surface area contributed by atoms with Crippen LogP contribution in [0.1, 0.15) is 10.4 Å². The second-order valence-corrected chi connectivity index (χ2v) is 5.06. The van der Waals surface area contributed by atoms with Crippen LogP contribution in [-0.2, 0) is 0 Å². The van der Waals surface area contributed by atoms with Crippen LogP contribution in [0.25, 0.3) is 0 Å². The van der Waals surface area contributed by atoms with Gasteiger partial charge in [0, 0.05) is 30.8 Å². The van der Waals surface area contributed by atoms with E-state index in [1.165, 1.54) is 6.20 Å². The first-order valence-corrected chi connectivity index (χ1v) is 6.43. The third-order valence-electron chi connectivity index (χ3n) is 2.41. The number of hydrogen-bond acceptors (Lipinski definition) is 4. The Bertz CT molecular complexity index is 408. The largest absolute Gasteiger partial charge is 0.478 e. The zero-order valence-electron chi connectivity index (χ0n) is 8.52. The number of aromatic nitrogens is 1. The standard InChI is InChI=1S/C10H11ClN2O2S/c11-8-6-12-9(5-7(8)10(14)15)13-1-3-16-4-2-13/h5-6H,1-4H2,(H,14,15). The molecule has 4 nitrogen and oxygen atoms in total. The lowest BCUT2D eigenvalue weighted by Gasteiger charge is -2.27. The van der Waals surface area contributed by atoms with Gasteiger partial charge in [0.15, 0.2) is 0 Å². The Morgan fingerprint density at radius 1 is 1.50 bits per heavy atom. The van der Waals surface area contributed by atoms with E-state index >= 15 is 0 Å². The van der Waals surface area contributed by atoms with Crippen LogP contribution in [0.15, 0.2) is 12.3 Å². The maximum atomic E-state index is 10.9. The molecule has 16 heavy (non-hydrogen) atoms. The maximum Gasteiger partial charge on any atom is 0.337 e. The van der Waals surface area contributed by atoms with Crippen molar-refractivity contribution in [2.75, 3.05) is 29.5 Å². The van der Waals surface area contributed by atoms with Gasteiger partial charge in [0.1, 0.15) is 5.82 Å². The van der Waals surface area contributed by atoms with E-state index in [1.54, 1.807) is 6.07 Å². The summed E-state index contributed by atoms with van der Waals surface area (Å²) >= 11 is 7.66. The lowest BCUT2D eigenvalue weighted by molar-refractivity contribution is 0.0697. The van der Waals surface area contributed by atoms with Crippen molar-refractivity contribution in [1.82, 2.24) is 4.98 Å². The summed E-state index contributed by atoms with van der Waals surface area (Å²) in [4.78, 5) is 17.2. The third kappa shape index (κ3) is 2.41. The number of hydrogen-bond donors (Lipinski definition) is 1. The highest BCUT2D eigenvalue weighted by atomic mass is 35.5. The lowest BCUT2D eigenvalue weighted by Crippen LogP contribution is -2.33. The van der Waals surface area contributed by atoms with Crippen LogP contribution in [-0.4, -0.2) is 40.7 Å². The summed E-state index contributed by atoms with van der Waals surface area (Å²) in [6, 6.07) is 1.54. The second-order valence-electron chi connectivity index (χ2n) is 3.43. The predicted octanol–water partition coefficient (Wildman–Crippen LogP) is 1.99. The smallest absolute Gasteiger partial charge is 0.337 e. The molecule has 1 aromatic rings. The molecule has 2 rings (SSSR count). The monoisotopic (exact) mass is 258 g/mol. The summed E-state index contributed by atoms with van der Waals surface area (Å²) in [6.45, 7) is 1.80. The van der Waals surface area contributed by atoms with Crippen LogP contribution < -0.4 is 4.90 Å². The van der Waals surface area contributed by atoms with Crippen LogP contribution in [0, 0.1) is 0 Å². The van der Waals surface area contributed by atoms with E-state index in [0.717, 1.165) is 24.6 Å². The van der Waals surface area contributed by atoms with Crippen LogP contribution in [0.5, 0.6) is 0 Å². The highest BCUT2D eigenvalue weighted by Gasteiger charge is 2.16. The number of pyridine rings is 1. The number of thioether (sulfide) groups is 1. The molecule has 0 amide bonds. The van der Waals surface area contributed by atoms with Gasteiger partial charge in [-0.05, 0) is 6.07 Å². The number of anilines is 1. The summed E-state index contributed by atoms with van der Waals surface area (Å²) in [7, 11) is 0. The SMILES string of the molecule is O=C(O)c1cc(N2CCSCC2)ncc1Cl. The Balaban J connectivity index is 2.27. The van der Waals surface area contributed by atoms with E-state index in [2.05, 4.69) is 9.88 Å². The molecule has 0 spiro atoms. The summed E-state index contributed by atoms with van der Waals surface area (Å²) in [6.07, 6.45) is 1.40. The molecule has 0 unspecified atom stereocenters. The van der Waals surface area contributed by atoms with Crippen LogP contribution in [0.4, 0.5) is 5.82 Å². The van der Waals surface area contributed by atoms with Crippen molar-refractivity contribution in [1.29, 1.82) is 0 Å². The fourth-order valence-electron chi connectivity index (χ4n) is 1.56. The van der Waals surface area contributed by atoms with Crippen molar-refractivity contribution in [3.63, 3.8) is 0 Å². The molecule has 1 fully saturated rings. The average molecular weight is 259 g/mol. The first kappa shape index (κ1) is 11.5. The minimum Gasteiger partial charge on any atom is -0.478 e. The van der Waals surface area contributed by atoms with E-state index in [1.807, 2.05) is 11.8 Å². The molecule has 1 aliphatic heterocycles. The van der Waals surface area contributed by atoms with Gasteiger partial charge in [-0.25, -0.2) is 9.78 Å². The third-order valence-corrected chi connectivity index (χ3v) is 3.65. The minimum atomic E-state index is -1.01. The predicted molar refractivity (Wildman–Crippen MR) is 65.7 cm³/mol. The average Bonchev–Trinajstić information content (AvgIpc) is 2.30. The molecule has 6 heteroatoms. The van der Waals surface area contributed by atoms with Crippen molar-refractivity contribution < 1.29 is 9.90 Å². The van der Waals surface area contributed by atoms with Gasteiger partial charge in [-0.3, -0.25) is 0 Å². The Morgan fingerprint density at radius 2 is 2.19 bits per heavy atom. The molecule has 0 saturated carbocycles. The van der Waals surface area contributed by atoms with Gasteiger partial charge < -0.3 is 10.0 Å². The molecule has 1 aromatic heterocycles. The van der Waals surface area contributed by atoms with Crippen molar-refractivity contribution in [2.24, 2.45) is 0 Å². The van der Waals surface area contributed by atoms with Crippen LogP contribution >= 0.6 is 23.4 Å². The Hall–Kier alpha value is -0.940. The molecule has 2 heterocycles. The van der Waals surface area contributed by atoms with E-state index in [9.17, 15) is 4.79 Å². The number of halogens is 1. The minimum absolute atomic E-state index is 0.116. The number of carboxylic acid groups (broad SMARTS) is 1. The first-order chi connectivity index (χ1) is 7.68. The number of nitrogens with zero attached hydrogens (tertiary/aromatic N) is 2. The van der Waals surface area contributed by atoms with Crippen molar-refractivity contribution in [3.8, 4) is 0 Å². The maximum absolute atomic E-state index is 10.9. The van der Waals surface area contributed by atoms with Crippen LogP contribution in [0.2, 0.25) is 5.02 Å². The molecule has 0 bridgehead atoms. The van der Waals surface area contributed by atoms with Gasteiger partial charge in [-0.15, -0.1) is 0 Å². The van der Waals surface area contributed by atoms with Gasteiger partial charge in [-0.2, -0.15) is 11.8 Å². The molecule has 0 aliphatic carbocycles. The van der Waals surface area contributed by atoms with E-state index in [4.69, 9.17) is 16.7 Å². The first-order valence-electron chi connectivity index (χ1n) is 4.90. The van der Waals surface area contributed by atoms with Crippen molar-refractivity contribution >= 4 is 35.1 Å². The quantitative estimate of drug-likeness (QED) is 0.879. The molecule has 1 saturated heterocycles. The summed E-state index contributed by atoms with van der Waals surface area (Å²) in [5, 5.41) is 9.14. The summed E-state index contributed by atoms with van der Waals surface area (Å²) < 4.78 is 0. The Labute approximate surface area is 103 Å². The molecule has 0 atom stereocenters. The number of aromatic carboxylic acids is 1. The van der Waals surface area contributed by atoms with Gasteiger partial charge in [0.05, 0.1) is 10.6 Å². The highest BCUT2D eigenvalue weighted by Crippen LogP contribution is 2.22. The Kier molecular flexibility index (Phi) is 3.56. The van der Waals surface area contributed by atoms with Crippen molar-refractivity contribution in [3.05, 3.63) is 22.8 Å². The fourth-order valence-corrected chi connectivity index (χ4v) is 2.64. The number of rotatable bonds is 2. The molecular formula is C10H11ClN2O2S. The summed E-state index contributed by atoms with van der Waals surface area (Å²) in [5.74, 6) is 1.78. The van der Waals surface area contributed by atoms with Crippen molar-refractivity contribution in [2.45, 2.75) is 0 Å². The van der Waals surface area contributed by atoms with E-state index in [0.29, 0.717) is 5.82 Å². The summed E-state index contributed by atoms with van der Waals surface area (Å²) in [5.41, 5.74) is 0.116. The van der Waals surface area contributed by atoms with E-state index in [-0.39, 0.29) is 10.6 Å². The Morgan fingerprint density at radius 3 is 2.81 bits per heavy atom. The lowest BCUT2D eigenvalue weighted by atomic mass is 10.2. The van der Waals surface area contributed by atoms with Crippen LogP contribution in [0.3, 0.4) is 0 Å². The highest BCUT2D eigenvalue weighted by molar-refractivity contribution is 7.99. The molecular weight excluding hydrogens is 248 g/mol. The number of carbonyl (C=O) groups is 1. The molecule has 0 aromatic carbocycles. The molecule has 86 valence electrons. The van der Waals surface area contributed by atoms with E-state index < -0.39 is 5.97 Å². The fraction of sp³-hybridized carbons (Fsp3) is 0.400. The van der Waals surface area contributed by atoms with Gasteiger partial charge >= 0.3 is 5.97 Å². The normalized spacial score (nSPS) is 16.2.